The standard InChI is InChI=1S/C11H17N5O/c1-8-7-10(17)14-11(13-8)16-15-9-5-3-2-4-6-12-9/h7H,2-6H2,1H3,(H,12,15)(H2,13,14,16,17)/p+1. The molecule has 17 heavy (non-hydrogen) atoms. The Hall–Kier alpha value is -1.85. The zero-order valence-electron chi connectivity index (χ0n) is 9.97. The molecule has 0 amide bonds. The molecule has 4 N–H and O–H groups in total. The molecule has 1 aliphatic rings. The van der Waals surface area contributed by atoms with E-state index in [-0.39, 0.29) is 5.56 Å². The van der Waals surface area contributed by atoms with Crippen molar-refractivity contribution in [1.29, 1.82) is 0 Å². The largest absolute Gasteiger partial charge is 0.290 e. The molecule has 1 aliphatic heterocycles. The number of H-pyrrole nitrogens is 1. The summed E-state index contributed by atoms with van der Waals surface area (Å²) in [6.45, 7) is 2.78. The summed E-state index contributed by atoms with van der Waals surface area (Å²) in [5, 5.41) is 0. The smallest absolute Gasteiger partial charge is 0.265 e. The third-order valence-electron chi connectivity index (χ3n) is 2.64. The molecular formula is C11H18N5O+. The van der Waals surface area contributed by atoms with E-state index in [0.29, 0.717) is 11.6 Å². The first-order chi connectivity index (χ1) is 8.24. The van der Waals surface area contributed by atoms with Gasteiger partial charge < -0.3 is 0 Å². The van der Waals surface area contributed by atoms with Gasteiger partial charge in [-0.15, -0.1) is 0 Å². The Balaban J connectivity index is 1.97. The number of aromatic amines is 1. The maximum Gasteiger partial charge on any atom is 0.265 e. The normalized spacial score (nSPS) is 15.9. The van der Waals surface area contributed by atoms with E-state index in [1.807, 2.05) is 0 Å². The number of nitrogens with zero attached hydrogens (tertiary/aromatic N) is 1. The molecule has 0 aliphatic carbocycles. The van der Waals surface area contributed by atoms with Crippen LogP contribution in [-0.4, -0.2) is 22.3 Å². The molecule has 0 fully saturated rings. The molecule has 0 atom stereocenters. The van der Waals surface area contributed by atoms with Gasteiger partial charge in [-0.3, -0.25) is 14.8 Å². The van der Waals surface area contributed by atoms with Crippen molar-refractivity contribution in [3.8, 4) is 0 Å². The first kappa shape index (κ1) is 11.6. The van der Waals surface area contributed by atoms with Gasteiger partial charge in [0.2, 0.25) is 5.95 Å². The Morgan fingerprint density at radius 1 is 1.35 bits per heavy atom. The zero-order valence-corrected chi connectivity index (χ0v) is 9.97. The number of hydrazine groups is 1. The summed E-state index contributed by atoms with van der Waals surface area (Å²) < 4.78 is 0. The molecule has 0 bridgehead atoms. The van der Waals surface area contributed by atoms with Gasteiger partial charge in [0.1, 0.15) is 0 Å². The van der Waals surface area contributed by atoms with E-state index < -0.39 is 0 Å². The van der Waals surface area contributed by atoms with Crippen LogP contribution >= 0.6 is 0 Å². The predicted molar refractivity (Wildman–Crippen MR) is 65.7 cm³/mol. The van der Waals surface area contributed by atoms with Crippen LogP contribution in [0.1, 0.15) is 31.4 Å². The number of nitrogens with one attached hydrogen (secondary N) is 4. The van der Waals surface area contributed by atoms with Gasteiger partial charge in [-0.1, -0.05) is 0 Å². The molecule has 0 saturated carbocycles. The van der Waals surface area contributed by atoms with Gasteiger partial charge in [0.15, 0.2) is 0 Å². The molecular weight excluding hydrogens is 218 g/mol. The zero-order chi connectivity index (χ0) is 12.1. The van der Waals surface area contributed by atoms with Crippen molar-refractivity contribution in [1.82, 2.24) is 15.4 Å². The molecule has 6 heteroatoms. The lowest BCUT2D eigenvalue weighted by Gasteiger charge is -2.03. The van der Waals surface area contributed by atoms with E-state index in [1.54, 1.807) is 6.92 Å². The minimum absolute atomic E-state index is 0.152. The monoisotopic (exact) mass is 236 g/mol. The first-order valence-electron chi connectivity index (χ1n) is 5.94. The number of anilines is 1. The molecule has 0 spiro atoms. The topological polar surface area (TPSA) is 83.8 Å². The Kier molecular flexibility index (Phi) is 3.74. The average molecular weight is 236 g/mol. The van der Waals surface area contributed by atoms with Crippen molar-refractivity contribution in [2.75, 3.05) is 12.0 Å². The van der Waals surface area contributed by atoms with Gasteiger partial charge >= 0.3 is 0 Å². The van der Waals surface area contributed by atoms with Gasteiger partial charge in [-0.05, 0) is 26.2 Å². The van der Waals surface area contributed by atoms with Crippen LogP contribution in [0.5, 0.6) is 0 Å². The van der Waals surface area contributed by atoms with Crippen LogP contribution in [0.2, 0.25) is 0 Å². The van der Waals surface area contributed by atoms with E-state index in [4.69, 9.17) is 0 Å². The van der Waals surface area contributed by atoms with E-state index in [9.17, 15) is 4.79 Å². The summed E-state index contributed by atoms with van der Waals surface area (Å²) in [5.74, 6) is 1.49. The highest BCUT2D eigenvalue weighted by Crippen LogP contribution is 1.99. The van der Waals surface area contributed by atoms with Gasteiger partial charge in [-0.25, -0.2) is 4.98 Å². The number of aromatic nitrogens is 2. The number of rotatable bonds is 2. The van der Waals surface area contributed by atoms with Crippen LogP contribution in [0.25, 0.3) is 0 Å². The fourth-order valence-corrected chi connectivity index (χ4v) is 1.81. The summed E-state index contributed by atoms with van der Waals surface area (Å²) in [4.78, 5) is 21.3. The lowest BCUT2D eigenvalue weighted by atomic mass is 10.2. The van der Waals surface area contributed by atoms with Crippen LogP contribution in [0.4, 0.5) is 5.95 Å². The van der Waals surface area contributed by atoms with Crippen LogP contribution in [0.15, 0.2) is 10.9 Å². The van der Waals surface area contributed by atoms with Gasteiger partial charge in [0.05, 0.1) is 13.0 Å². The van der Waals surface area contributed by atoms with Gasteiger partial charge in [-0.2, -0.15) is 10.9 Å². The molecule has 92 valence electrons. The predicted octanol–water partition coefficient (Wildman–Crippen LogP) is -0.952. The molecule has 1 aromatic rings. The van der Waals surface area contributed by atoms with Crippen LogP contribution in [-0.2, 0) is 0 Å². The molecule has 2 rings (SSSR count). The molecule has 0 unspecified atom stereocenters. The van der Waals surface area contributed by atoms with Crippen molar-refractivity contribution in [3.63, 3.8) is 0 Å². The van der Waals surface area contributed by atoms with Gasteiger partial charge in [0.25, 0.3) is 11.4 Å². The maximum atomic E-state index is 11.2. The van der Waals surface area contributed by atoms with Crippen molar-refractivity contribution < 1.29 is 4.99 Å². The number of amidine groups is 1. The number of hydrogen-bond acceptors (Lipinski definition) is 4. The maximum absolute atomic E-state index is 11.2. The Morgan fingerprint density at radius 2 is 2.24 bits per heavy atom. The molecule has 0 radical (unpaired) electrons. The molecule has 2 heterocycles. The highest BCUT2D eigenvalue weighted by molar-refractivity contribution is 5.77. The molecule has 0 saturated heterocycles. The second-order valence-corrected chi connectivity index (χ2v) is 4.20. The highest BCUT2D eigenvalue weighted by atomic mass is 16.1. The SMILES string of the molecule is Cc1cc(=O)[nH]c(NNC2=[NH+]CCCCC2)n1. The molecule has 0 aromatic carbocycles. The lowest BCUT2D eigenvalue weighted by molar-refractivity contribution is -0.459. The summed E-state index contributed by atoms with van der Waals surface area (Å²) in [6, 6.07) is 1.46. The molecule has 1 aromatic heterocycles. The third-order valence-corrected chi connectivity index (χ3v) is 2.64. The Bertz CT molecular complexity index is 465. The fraction of sp³-hybridized carbons (Fsp3) is 0.545. The fourth-order valence-electron chi connectivity index (χ4n) is 1.81. The molecule has 6 nitrogen and oxygen atoms in total. The van der Waals surface area contributed by atoms with Crippen LogP contribution in [0, 0.1) is 6.92 Å². The Labute approximate surface area is 99.5 Å². The lowest BCUT2D eigenvalue weighted by Crippen LogP contribution is -2.76. The van der Waals surface area contributed by atoms with Crippen LogP contribution < -0.4 is 21.4 Å². The number of hydrogen-bond donors (Lipinski definition) is 4. The van der Waals surface area contributed by atoms with E-state index in [2.05, 4.69) is 25.8 Å². The van der Waals surface area contributed by atoms with Gasteiger partial charge in [0, 0.05) is 11.8 Å². The van der Waals surface area contributed by atoms with Crippen LogP contribution in [0.3, 0.4) is 0 Å². The van der Waals surface area contributed by atoms with E-state index in [0.717, 1.165) is 18.8 Å². The second-order valence-electron chi connectivity index (χ2n) is 4.20. The first-order valence-corrected chi connectivity index (χ1v) is 5.94. The van der Waals surface area contributed by atoms with Crippen molar-refractivity contribution in [2.24, 2.45) is 0 Å². The Morgan fingerprint density at radius 3 is 3.06 bits per heavy atom. The third kappa shape index (κ3) is 3.58. The summed E-state index contributed by atoms with van der Waals surface area (Å²) >= 11 is 0. The van der Waals surface area contributed by atoms with Crippen molar-refractivity contribution >= 4 is 11.8 Å². The van der Waals surface area contributed by atoms with Crippen molar-refractivity contribution in [3.05, 3.63) is 22.1 Å². The summed E-state index contributed by atoms with van der Waals surface area (Å²) in [5.41, 5.74) is 6.50. The minimum Gasteiger partial charge on any atom is -0.290 e. The average Bonchev–Trinajstić information content (AvgIpc) is 2.53. The van der Waals surface area contributed by atoms with E-state index >= 15 is 0 Å². The summed E-state index contributed by atoms with van der Waals surface area (Å²) in [7, 11) is 0. The summed E-state index contributed by atoms with van der Waals surface area (Å²) in [6.07, 6.45) is 4.61. The number of aryl methyl sites for hydroxylation is 1. The van der Waals surface area contributed by atoms with Crippen molar-refractivity contribution in [2.45, 2.75) is 32.6 Å². The second kappa shape index (κ2) is 5.47. The van der Waals surface area contributed by atoms with E-state index in [1.165, 1.54) is 25.3 Å². The quantitative estimate of drug-likeness (QED) is 0.499. The highest BCUT2D eigenvalue weighted by Gasteiger charge is 2.10. The minimum atomic E-state index is -0.152.